The minimum atomic E-state index is -4.28. The Balaban J connectivity index is 0.00000256. The summed E-state index contributed by atoms with van der Waals surface area (Å²) in [6.07, 6.45) is -0.635. The van der Waals surface area contributed by atoms with E-state index in [1.54, 1.807) is 0 Å². The molecular weight excluding hydrogens is 257 g/mol. The van der Waals surface area contributed by atoms with E-state index in [0.717, 1.165) is 19.1 Å². The molecular formula is C9H16ClF3N4. The van der Waals surface area contributed by atoms with E-state index in [1.165, 1.54) is 0 Å². The summed E-state index contributed by atoms with van der Waals surface area (Å²) in [7, 11) is 0. The third-order valence-corrected chi connectivity index (χ3v) is 2.69. The zero-order valence-corrected chi connectivity index (χ0v) is 9.97. The van der Waals surface area contributed by atoms with E-state index in [2.05, 4.69) is 10.2 Å². The average Bonchev–Trinajstić information content (AvgIpc) is 2.62. The Labute approximate surface area is 104 Å². The average molecular weight is 273 g/mol. The van der Waals surface area contributed by atoms with Crippen molar-refractivity contribution in [3.63, 3.8) is 0 Å². The lowest BCUT2D eigenvalue weighted by Gasteiger charge is -2.21. The van der Waals surface area contributed by atoms with E-state index in [0.29, 0.717) is 12.8 Å². The molecule has 0 saturated heterocycles. The van der Waals surface area contributed by atoms with Gasteiger partial charge in [0, 0.05) is 6.21 Å². The van der Waals surface area contributed by atoms with Gasteiger partial charge in [-0.25, -0.2) is 0 Å². The Bertz CT molecular complexity index is 280. The Morgan fingerprint density at radius 1 is 1.24 bits per heavy atom. The highest BCUT2D eigenvalue weighted by molar-refractivity contribution is 5.85. The quantitative estimate of drug-likeness (QED) is 0.468. The van der Waals surface area contributed by atoms with Gasteiger partial charge in [0.25, 0.3) is 0 Å². The number of hydrogen-bond donors (Lipinski definition) is 2. The van der Waals surface area contributed by atoms with E-state index >= 15 is 0 Å². The fourth-order valence-corrected chi connectivity index (χ4v) is 1.96. The van der Waals surface area contributed by atoms with Crippen molar-refractivity contribution >= 4 is 24.6 Å². The van der Waals surface area contributed by atoms with Gasteiger partial charge in [-0.1, -0.05) is 12.8 Å². The molecule has 17 heavy (non-hydrogen) atoms. The molecule has 1 aliphatic carbocycles. The normalized spacial score (nSPS) is 19.0. The van der Waals surface area contributed by atoms with Gasteiger partial charge in [0.1, 0.15) is 0 Å². The highest BCUT2D eigenvalue weighted by atomic mass is 35.5. The Morgan fingerprint density at radius 2 is 1.76 bits per heavy atom. The monoisotopic (exact) mass is 272 g/mol. The molecule has 8 heteroatoms. The van der Waals surface area contributed by atoms with Crippen LogP contribution in [0.5, 0.6) is 0 Å². The lowest BCUT2D eigenvalue weighted by atomic mass is 9.91. The van der Waals surface area contributed by atoms with Gasteiger partial charge in [0.15, 0.2) is 0 Å². The maximum atomic E-state index is 12.7. The summed E-state index contributed by atoms with van der Waals surface area (Å²) in [6, 6.07) is 0. The Hall–Kier alpha value is -0.980. The lowest BCUT2D eigenvalue weighted by molar-refractivity contribution is -0.165. The molecule has 0 amide bonds. The summed E-state index contributed by atoms with van der Waals surface area (Å²) in [6.45, 7) is 0. The number of nitrogens with zero attached hydrogens (tertiary/aromatic N) is 2. The number of nitrogens with two attached hydrogens (primary N) is 2. The van der Waals surface area contributed by atoms with Gasteiger partial charge >= 0.3 is 6.18 Å². The largest absolute Gasteiger partial charge is 0.396 e. The van der Waals surface area contributed by atoms with Crippen LogP contribution in [0.1, 0.15) is 25.7 Å². The number of alkyl halides is 3. The van der Waals surface area contributed by atoms with Crippen molar-refractivity contribution < 1.29 is 13.2 Å². The van der Waals surface area contributed by atoms with Crippen molar-refractivity contribution in [2.75, 3.05) is 0 Å². The molecule has 0 bridgehead atoms. The van der Waals surface area contributed by atoms with Crippen LogP contribution in [-0.4, -0.2) is 18.4 Å². The maximum Gasteiger partial charge on any atom is 0.396 e. The first-order chi connectivity index (χ1) is 7.41. The first kappa shape index (κ1) is 16.0. The van der Waals surface area contributed by atoms with Crippen molar-refractivity contribution in [3.05, 3.63) is 0 Å². The summed E-state index contributed by atoms with van der Waals surface area (Å²) in [5.74, 6) is -2.28. The second kappa shape index (κ2) is 6.68. The SMILES string of the molecule is Cl.NC(N)=N/N=C/C(C1CCCC1)C(F)(F)F. The minimum absolute atomic E-state index is 0. The number of rotatable bonds is 3. The van der Waals surface area contributed by atoms with E-state index in [1.807, 2.05) is 0 Å². The molecule has 1 saturated carbocycles. The van der Waals surface area contributed by atoms with Crippen molar-refractivity contribution in [3.8, 4) is 0 Å². The van der Waals surface area contributed by atoms with Gasteiger partial charge in [-0.05, 0) is 18.8 Å². The van der Waals surface area contributed by atoms with Crippen LogP contribution in [0.25, 0.3) is 0 Å². The molecule has 1 fully saturated rings. The molecule has 0 aromatic heterocycles. The number of guanidine groups is 1. The topological polar surface area (TPSA) is 76.8 Å². The van der Waals surface area contributed by atoms with Crippen LogP contribution >= 0.6 is 12.4 Å². The van der Waals surface area contributed by atoms with Gasteiger partial charge < -0.3 is 11.5 Å². The molecule has 0 aliphatic heterocycles. The summed E-state index contributed by atoms with van der Waals surface area (Å²) in [5.41, 5.74) is 9.95. The van der Waals surface area contributed by atoms with Crippen LogP contribution in [0.4, 0.5) is 13.2 Å². The zero-order chi connectivity index (χ0) is 12.2. The Morgan fingerprint density at radius 3 is 2.18 bits per heavy atom. The van der Waals surface area contributed by atoms with Crippen LogP contribution in [0.2, 0.25) is 0 Å². The van der Waals surface area contributed by atoms with Gasteiger partial charge in [0.2, 0.25) is 5.96 Å². The second-order valence-corrected chi connectivity index (χ2v) is 3.90. The molecule has 0 aromatic carbocycles. The number of hydrogen-bond acceptors (Lipinski definition) is 2. The molecule has 4 nitrogen and oxygen atoms in total. The highest BCUT2D eigenvalue weighted by Gasteiger charge is 2.44. The zero-order valence-electron chi connectivity index (χ0n) is 9.15. The molecule has 1 aliphatic rings. The minimum Gasteiger partial charge on any atom is -0.369 e. The third kappa shape index (κ3) is 5.25. The maximum absolute atomic E-state index is 12.7. The second-order valence-electron chi connectivity index (χ2n) is 3.90. The van der Waals surface area contributed by atoms with Crippen LogP contribution in [0, 0.1) is 11.8 Å². The van der Waals surface area contributed by atoms with Crippen molar-refractivity contribution in [1.29, 1.82) is 0 Å². The fraction of sp³-hybridized carbons (Fsp3) is 0.778. The molecule has 0 spiro atoms. The van der Waals surface area contributed by atoms with Crippen molar-refractivity contribution in [1.82, 2.24) is 0 Å². The smallest absolute Gasteiger partial charge is 0.369 e. The first-order valence-electron chi connectivity index (χ1n) is 5.10. The van der Waals surface area contributed by atoms with E-state index < -0.39 is 18.0 Å². The van der Waals surface area contributed by atoms with Crippen molar-refractivity contribution in [2.45, 2.75) is 31.9 Å². The first-order valence-corrected chi connectivity index (χ1v) is 5.10. The Kier molecular flexibility index (Phi) is 6.30. The highest BCUT2D eigenvalue weighted by Crippen LogP contribution is 2.39. The third-order valence-electron chi connectivity index (χ3n) is 2.69. The summed E-state index contributed by atoms with van der Waals surface area (Å²) in [4.78, 5) is 0. The molecule has 0 radical (unpaired) electrons. The van der Waals surface area contributed by atoms with E-state index in [9.17, 15) is 13.2 Å². The predicted octanol–water partition coefficient (Wildman–Crippen LogP) is 2.04. The summed E-state index contributed by atoms with van der Waals surface area (Å²) < 4.78 is 38.1. The lowest BCUT2D eigenvalue weighted by Crippen LogP contribution is -2.30. The van der Waals surface area contributed by atoms with E-state index in [4.69, 9.17) is 11.5 Å². The van der Waals surface area contributed by atoms with Gasteiger partial charge in [-0.3, -0.25) is 0 Å². The van der Waals surface area contributed by atoms with Gasteiger partial charge in [-0.2, -0.15) is 18.3 Å². The summed E-state index contributed by atoms with van der Waals surface area (Å²) in [5, 5.41) is 6.47. The fourth-order valence-electron chi connectivity index (χ4n) is 1.96. The molecule has 100 valence electrons. The van der Waals surface area contributed by atoms with Crippen molar-refractivity contribution in [2.24, 2.45) is 33.5 Å². The molecule has 1 rings (SSSR count). The van der Waals surface area contributed by atoms with Crippen LogP contribution in [-0.2, 0) is 0 Å². The molecule has 1 atom stereocenters. The predicted molar refractivity (Wildman–Crippen MR) is 63.1 cm³/mol. The molecule has 1 unspecified atom stereocenters. The molecule has 0 heterocycles. The van der Waals surface area contributed by atoms with E-state index in [-0.39, 0.29) is 18.4 Å². The molecule has 4 N–H and O–H groups in total. The number of halogens is 4. The van der Waals surface area contributed by atoms with Crippen LogP contribution in [0.3, 0.4) is 0 Å². The van der Waals surface area contributed by atoms with Crippen LogP contribution < -0.4 is 11.5 Å². The molecule has 0 aromatic rings. The standard InChI is InChI=1S/C9H15F3N4.ClH/c10-9(11,12)7(5-15-16-8(13)14)6-3-1-2-4-6;/h5-7H,1-4H2,(H4,13,14,16);1H/b15-5+;. The summed E-state index contributed by atoms with van der Waals surface area (Å²) >= 11 is 0. The van der Waals surface area contributed by atoms with Gasteiger partial charge in [-0.15, -0.1) is 17.5 Å². The van der Waals surface area contributed by atoms with Crippen LogP contribution in [0.15, 0.2) is 10.2 Å². The van der Waals surface area contributed by atoms with Gasteiger partial charge in [0.05, 0.1) is 5.92 Å².